The number of aliphatic hydroxyl groups excluding tert-OH is 7. The second-order valence-corrected chi connectivity index (χ2v) is 5.14. The van der Waals surface area contributed by atoms with E-state index in [1.54, 1.807) is 0 Å². The standard InChI is InChI=1S/C12H18O11/c13-1-4(16)8-7(18)9(11(20)21-8)23-12(3-15)10(19)6(17)5(2-14)22-12/h4-6,8,10,13-19H,1-3H2/t4-,5+,6+,8+,10-,12-/m0/s1. The van der Waals surface area contributed by atoms with Crippen molar-refractivity contribution in [1.29, 1.82) is 0 Å². The lowest BCUT2D eigenvalue weighted by atomic mass is 10.1. The van der Waals surface area contributed by atoms with Gasteiger partial charge in [0, 0.05) is 0 Å². The number of ether oxygens (including phenoxy) is 3. The molecule has 2 aliphatic heterocycles. The van der Waals surface area contributed by atoms with E-state index in [1.165, 1.54) is 0 Å². The third-order valence-electron chi connectivity index (χ3n) is 3.64. The highest BCUT2D eigenvalue weighted by Gasteiger charge is 2.58. The second kappa shape index (κ2) is 6.57. The summed E-state index contributed by atoms with van der Waals surface area (Å²) in [6.07, 6.45) is -7.97. The van der Waals surface area contributed by atoms with Gasteiger partial charge in [0.25, 0.3) is 5.79 Å². The zero-order valence-corrected chi connectivity index (χ0v) is 11.8. The monoisotopic (exact) mass is 338 g/mol. The van der Waals surface area contributed by atoms with Crippen LogP contribution in [0, 0.1) is 0 Å². The van der Waals surface area contributed by atoms with Crippen LogP contribution in [0.4, 0.5) is 0 Å². The van der Waals surface area contributed by atoms with Gasteiger partial charge in [-0.2, -0.15) is 0 Å². The van der Waals surface area contributed by atoms with Crippen molar-refractivity contribution >= 4 is 5.97 Å². The molecule has 0 aromatic heterocycles. The summed E-state index contributed by atoms with van der Waals surface area (Å²) in [5.74, 6) is -5.29. The summed E-state index contributed by atoms with van der Waals surface area (Å²) in [4.78, 5) is 11.7. The molecule has 7 N–H and O–H groups in total. The van der Waals surface area contributed by atoms with Crippen molar-refractivity contribution in [3.05, 3.63) is 11.5 Å². The minimum Gasteiger partial charge on any atom is -0.505 e. The number of carbonyl (C=O) groups is 1. The van der Waals surface area contributed by atoms with E-state index in [0.717, 1.165) is 0 Å². The summed E-state index contributed by atoms with van der Waals surface area (Å²) in [5.41, 5.74) is 0. The number of hydrogen-bond acceptors (Lipinski definition) is 11. The van der Waals surface area contributed by atoms with Crippen LogP contribution in [0.3, 0.4) is 0 Å². The molecule has 2 rings (SSSR count). The molecule has 6 atom stereocenters. The van der Waals surface area contributed by atoms with Crippen molar-refractivity contribution in [2.45, 2.75) is 36.3 Å². The quantitative estimate of drug-likeness (QED) is 0.233. The first-order valence-corrected chi connectivity index (χ1v) is 6.69. The molecule has 1 saturated heterocycles. The number of cyclic esters (lactones) is 1. The van der Waals surface area contributed by atoms with E-state index in [1.807, 2.05) is 0 Å². The minimum atomic E-state index is -2.33. The average Bonchev–Trinajstić information content (AvgIpc) is 2.97. The van der Waals surface area contributed by atoms with Crippen LogP contribution >= 0.6 is 0 Å². The van der Waals surface area contributed by atoms with Gasteiger partial charge in [-0.05, 0) is 0 Å². The molecule has 0 radical (unpaired) electrons. The molecule has 0 amide bonds. The normalized spacial score (nSPS) is 38.8. The van der Waals surface area contributed by atoms with Crippen LogP contribution in [-0.2, 0) is 19.0 Å². The van der Waals surface area contributed by atoms with E-state index >= 15 is 0 Å². The predicted octanol–water partition coefficient (Wildman–Crippen LogP) is -4.15. The minimum absolute atomic E-state index is 0.704. The van der Waals surface area contributed by atoms with Crippen LogP contribution in [0.2, 0.25) is 0 Å². The van der Waals surface area contributed by atoms with Crippen LogP contribution in [0.25, 0.3) is 0 Å². The fourth-order valence-corrected chi connectivity index (χ4v) is 2.33. The molecule has 11 heteroatoms. The molecule has 0 bridgehead atoms. The van der Waals surface area contributed by atoms with E-state index in [-0.39, 0.29) is 0 Å². The highest BCUT2D eigenvalue weighted by molar-refractivity contribution is 5.89. The zero-order chi connectivity index (χ0) is 17.4. The lowest BCUT2D eigenvalue weighted by Crippen LogP contribution is -2.49. The fraction of sp³-hybridized carbons (Fsp3) is 0.750. The van der Waals surface area contributed by atoms with Gasteiger partial charge in [0.15, 0.2) is 11.9 Å². The van der Waals surface area contributed by atoms with Crippen LogP contribution in [0.1, 0.15) is 0 Å². The largest absolute Gasteiger partial charge is 0.505 e. The van der Waals surface area contributed by atoms with Gasteiger partial charge in [-0.25, -0.2) is 4.79 Å². The maximum absolute atomic E-state index is 11.7. The Morgan fingerprint density at radius 1 is 1.26 bits per heavy atom. The van der Waals surface area contributed by atoms with Gasteiger partial charge >= 0.3 is 5.97 Å². The molecule has 132 valence electrons. The van der Waals surface area contributed by atoms with Gasteiger partial charge in [0.1, 0.15) is 31.0 Å². The van der Waals surface area contributed by atoms with E-state index in [4.69, 9.17) is 19.7 Å². The number of rotatable bonds is 6. The average molecular weight is 338 g/mol. The zero-order valence-electron chi connectivity index (χ0n) is 11.8. The third kappa shape index (κ3) is 2.87. The summed E-state index contributed by atoms with van der Waals surface area (Å²) in [6, 6.07) is 0. The summed E-state index contributed by atoms with van der Waals surface area (Å²) in [6.45, 7) is -2.55. The first-order valence-electron chi connectivity index (χ1n) is 6.69. The molecule has 0 unspecified atom stereocenters. The Bertz CT molecular complexity index is 491. The summed E-state index contributed by atoms with van der Waals surface area (Å²) in [7, 11) is 0. The van der Waals surface area contributed by atoms with Crippen LogP contribution in [0.5, 0.6) is 0 Å². The lowest BCUT2D eigenvalue weighted by molar-refractivity contribution is -0.259. The molecule has 11 nitrogen and oxygen atoms in total. The summed E-state index contributed by atoms with van der Waals surface area (Å²) < 4.78 is 14.7. The molecular formula is C12H18O11. The molecule has 2 heterocycles. The molecule has 1 fully saturated rings. The van der Waals surface area contributed by atoms with Gasteiger partial charge in [-0.3, -0.25) is 0 Å². The smallest absolute Gasteiger partial charge is 0.378 e. The Morgan fingerprint density at radius 2 is 1.91 bits per heavy atom. The predicted molar refractivity (Wildman–Crippen MR) is 67.5 cm³/mol. The van der Waals surface area contributed by atoms with Gasteiger partial charge in [0.05, 0.1) is 13.2 Å². The topological polar surface area (TPSA) is 186 Å². The molecule has 0 aromatic carbocycles. The SMILES string of the molecule is O=C1O[C@H]([C@@H](O)CO)C(O)=C1O[C@]1(CO)O[C@H](CO)[C@@H](O)[C@@H]1O. The fourth-order valence-electron chi connectivity index (χ4n) is 2.33. The first kappa shape index (κ1) is 17.9. The van der Waals surface area contributed by atoms with Crippen molar-refractivity contribution in [3.8, 4) is 0 Å². The molecule has 23 heavy (non-hydrogen) atoms. The van der Waals surface area contributed by atoms with Gasteiger partial charge in [-0.15, -0.1) is 0 Å². The van der Waals surface area contributed by atoms with Crippen LogP contribution in [-0.4, -0.2) is 97.8 Å². The molecule has 0 saturated carbocycles. The van der Waals surface area contributed by atoms with Gasteiger partial charge < -0.3 is 50.0 Å². The Morgan fingerprint density at radius 3 is 2.39 bits per heavy atom. The van der Waals surface area contributed by atoms with Crippen LogP contribution in [0.15, 0.2) is 11.5 Å². The highest BCUT2D eigenvalue weighted by atomic mass is 16.8. The Balaban J connectivity index is 2.28. The van der Waals surface area contributed by atoms with E-state index in [0.29, 0.717) is 0 Å². The first-order chi connectivity index (χ1) is 10.8. The van der Waals surface area contributed by atoms with E-state index < -0.39 is 73.6 Å². The molecular weight excluding hydrogens is 320 g/mol. The molecule has 2 aliphatic rings. The van der Waals surface area contributed by atoms with E-state index in [2.05, 4.69) is 4.74 Å². The molecule has 0 aliphatic carbocycles. The number of aliphatic hydroxyl groups is 7. The highest BCUT2D eigenvalue weighted by Crippen LogP contribution is 2.36. The molecule has 0 spiro atoms. The summed E-state index contributed by atoms with van der Waals surface area (Å²) in [5, 5.41) is 66.3. The van der Waals surface area contributed by atoms with Crippen molar-refractivity contribution in [3.63, 3.8) is 0 Å². The van der Waals surface area contributed by atoms with Gasteiger partial charge in [0.2, 0.25) is 5.76 Å². The Labute approximate surface area is 129 Å². The van der Waals surface area contributed by atoms with Crippen molar-refractivity contribution in [2.75, 3.05) is 19.8 Å². The molecule has 0 aromatic rings. The number of hydrogen-bond donors (Lipinski definition) is 7. The Kier molecular flexibility index (Phi) is 5.10. The Hall–Kier alpha value is -1.47. The van der Waals surface area contributed by atoms with E-state index in [9.17, 15) is 30.3 Å². The van der Waals surface area contributed by atoms with Crippen molar-refractivity contribution in [1.82, 2.24) is 0 Å². The number of carbonyl (C=O) groups excluding carboxylic acids is 1. The number of esters is 1. The van der Waals surface area contributed by atoms with Crippen molar-refractivity contribution < 1.29 is 54.8 Å². The van der Waals surface area contributed by atoms with Crippen LogP contribution < -0.4 is 0 Å². The van der Waals surface area contributed by atoms with Gasteiger partial charge in [-0.1, -0.05) is 0 Å². The second-order valence-electron chi connectivity index (χ2n) is 5.14. The summed E-state index contributed by atoms with van der Waals surface area (Å²) >= 11 is 0. The lowest BCUT2D eigenvalue weighted by Gasteiger charge is -2.30. The maximum atomic E-state index is 11.7. The van der Waals surface area contributed by atoms with Crippen molar-refractivity contribution in [2.24, 2.45) is 0 Å². The third-order valence-corrected chi connectivity index (χ3v) is 3.64. The maximum Gasteiger partial charge on any atom is 0.378 e.